The second kappa shape index (κ2) is 7.11. The second-order valence-corrected chi connectivity index (χ2v) is 4.67. The molecule has 0 bridgehead atoms. The van der Waals surface area contributed by atoms with Crippen molar-refractivity contribution in [2.45, 2.75) is 26.3 Å². The minimum atomic E-state index is -1.11. The molecule has 0 aromatic heterocycles. The van der Waals surface area contributed by atoms with Crippen molar-refractivity contribution in [1.29, 1.82) is 0 Å². The van der Waals surface area contributed by atoms with Gasteiger partial charge in [-0.25, -0.2) is 4.79 Å². The summed E-state index contributed by atoms with van der Waals surface area (Å²) in [5.74, 6) is -1.41. The van der Waals surface area contributed by atoms with Gasteiger partial charge >= 0.3 is 5.97 Å². The summed E-state index contributed by atoms with van der Waals surface area (Å²) < 4.78 is 0. The lowest BCUT2D eigenvalue weighted by Gasteiger charge is -2.12. The number of carbonyl (C=O) groups excluding carboxylic acids is 1. The summed E-state index contributed by atoms with van der Waals surface area (Å²) in [6.45, 7) is 4.10. The Morgan fingerprint density at radius 2 is 2.11 bits per heavy atom. The Hall–Kier alpha value is -1.59. The van der Waals surface area contributed by atoms with Crippen molar-refractivity contribution in [3.8, 4) is 0 Å². The van der Waals surface area contributed by atoms with Crippen molar-refractivity contribution in [1.82, 2.24) is 5.32 Å². The van der Waals surface area contributed by atoms with E-state index in [1.807, 2.05) is 13.8 Å². The molecule has 0 saturated heterocycles. The van der Waals surface area contributed by atoms with E-state index in [9.17, 15) is 9.59 Å². The van der Waals surface area contributed by atoms with E-state index in [0.717, 1.165) is 6.42 Å². The quantitative estimate of drug-likeness (QED) is 0.749. The number of halogens is 1. The van der Waals surface area contributed by atoms with Crippen molar-refractivity contribution >= 4 is 29.2 Å². The third-order valence-electron chi connectivity index (χ3n) is 2.71. The minimum absolute atomic E-state index is 0.0151. The van der Waals surface area contributed by atoms with Gasteiger partial charge in [-0.1, -0.05) is 18.5 Å². The molecule has 1 rings (SSSR count). The van der Waals surface area contributed by atoms with Crippen LogP contribution >= 0.6 is 11.6 Å². The molecule has 1 atom stereocenters. The zero-order valence-electron chi connectivity index (χ0n) is 10.9. The molecule has 1 aromatic rings. The summed E-state index contributed by atoms with van der Waals surface area (Å²) in [6.07, 6.45) is 0.908. The van der Waals surface area contributed by atoms with Gasteiger partial charge < -0.3 is 15.7 Å². The van der Waals surface area contributed by atoms with Gasteiger partial charge in [0.25, 0.3) is 0 Å². The molecule has 1 aromatic carbocycles. The largest absolute Gasteiger partial charge is 0.478 e. The Kier molecular flexibility index (Phi) is 5.79. The first kappa shape index (κ1) is 15.5. The number of benzene rings is 1. The van der Waals surface area contributed by atoms with Crippen LogP contribution in [0.4, 0.5) is 5.69 Å². The van der Waals surface area contributed by atoms with Crippen LogP contribution in [-0.4, -0.2) is 29.6 Å². The minimum Gasteiger partial charge on any atom is -0.478 e. The van der Waals surface area contributed by atoms with Gasteiger partial charge in [0.2, 0.25) is 5.91 Å². The molecule has 5 nitrogen and oxygen atoms in total. The summed E-state index contributed by atoms with van der Waals surface area (Å²) in [4.78, 5) is 22.7. The van der Waals surface area contributed by atoms with E-state index in [0.29, 0.717) is 5.02 Å². The summed E-state index contributed by atoms with van der Waals surface area (Å²) >= 11 is 5.80. The van der Waals surface area contributed by atoms with E-state index < -0.39 is 5.97 Å². The van der Waals surface area contributed by atoms with Crippen LogP contribution in [0.5, 0.6) is 0 Å². The first-order valence-corrected chi connectivity index (χ1v) is 6.38. The van der Waals surface area contributed by atoms with Crippen molar-refractivity contribution in [2.24, 2.45) is 0 Å². The smallest absolute Gasteiger partial charge is 0.337 e. The summed E-state index contributed by atoms with van der Waals surface area (Å²) in [5, 5.41) is 15.0. The maximum absolute atomic E-state index is 11.7. The number of carboxylic acid groups (broad SMARTS) is 1. The van der Waals surface area contributed by atoms with Crippen LogP contribution in [0.3, 0.4) is 0 Å². The molecule has 0 aliphatic rings. The first-order chi connectivity index (χ1) is 8.93. The van der Waals surface area contributed by atoms with Crippen molar-refractivity contribution < 1.29 is 14.7 Å². The monoisotopic (exact) mass is 284 g/mol. The lowest BCUT2D eigenvalue weighted by atomic mass is 10.2. The van der Waals surface area contributed by atoms with Crippen LogP contribution in [0.2, 0.25) is 5.02 Å². The first-order valence-electron chi connectivity index (χ1n) is 6.00. The average Bonchev–Trinajstić information content (AvgIpc) is 2.35. The van der Waals surface area contributed by atoms with Crippen LogP contribution in [0, 0.1) is 0 Å². The predicted octanol–water partition coefficient (Wildman–Crippen LogP) is 2.36. The van der Waals surface area contributed by atoms with Crippen LogP contribution in [0.15, 0.2) is 18.2 Å². The normalized spacial score (nSPS) is 11.9. The molecule has 1 unspecified atom stereocenters. The maximum Gasteiger partial charge on any atom is 0.337 e. The van der Waals surface area contributed by atoms with E-state index in [1.54, 1.807) is 0 Å². The van der Waals surface area contributed by atoms with Crippen LogP contribution in [0.1, 0.15) is 30.6 Å². The molecule has 0 fully saturated rings. The van der Waals surface area contributed by atoms with Gasteiger partial charge in [-0.3, -0.25) is 4.79 Å². The molecule has 19 heavy (non-hydrogen) atoms. The Labute approximate surface area is 117 Å². The molecule has 0 spiro atoms. The maximum atomic E-state index is 11.7. The highest BCUT2D eigenvalue weighted by molar-refractivity contribution is 6.31. The Bertz CT molecular complexity index is 477. The molecule has 0 saturated carbocycles. The van der Waals surface area contributed by atoms with E-state index >= 15 is 0 Å². The third kappa shape index (κ3) is 4.89. The van der Waals surface area contributed by atoms with Crippen LogP contribution in [-0.2, 0) is 4.79 Å². The number of rotatable bonds is 6. The number of nitrogens with one attached hydrogen (secondary N) is 2. The van der Waals surface area contributed by atoms with Gasteiger partial charge in [-0.2, -0.15) is 0 Å². The van der Waals surface area contributed by atoms with Crippen molar-refractivity contribution in [3.05, 3.63) is 28.8 Å². The summed E-state index contributed by atoms with van der Waals surface area (Å²) in [6, 6.07) is 4.48. The third-order valence-corrected chi connectivity index (χ3v) is 2.94. The van der Waals surface area contributed by atoms with E-state index in [-0.39, 0.29) is 29.7 Å². The number of hydrogen-bond donors (Lipinski definition) is 3. The highest BCUT2D eigenvalue weighted by Crippen LogP contribution is 2.21. The van der Waals surface area contributed by atoms with E-state index in [2.05, 4.69) is 10.6 Å². The second-order valence-electron chi connectivity index (χ2n) is 4.23. The standard InChI is InChI=1S/C13H17ClN2O3/c1-3-8(2)15-7-12(17)16-11-6-9(14)4-5-10(11)13(18)19/h4-6,8,15H,3,7H2,1-2H3,(H,16,17)(H,18,19). The van der Waals surface area contributed by atoms with Crippen LogP contribution in [0.25, 0.3) is 0 Å². The number of hydrogen-bond acceptors (Lipinski definition) is 3. The van der Waals surface area contributed by atoms with Crippen molar-refractivity contribution in [3.63, 3.8) is 0 Å². The van der Waals surface area contributed by atoms with E-state index in [1.165, 1.54) is 18.2 Å². The Morgan fingerprint density at radius 1 is 1.42 bits per heavy atom. The van der Waals surface area contributed by atoms with Crippen LogP contribution < -0.4 is 10.6 Å². The number of amides is 1. The molecule has 3 N–H and O–H groups in total. The number of aromatic carboxylic acids is 1. The average molecular weight is 285 g/mol. The van der Waals surface area contributed by atoms with E-state index in [4.69, 9.17) is 16.7 Å². The highest BCUT2D eigenvalue weighted by atomic mass is 35.5. The fourth-order valence-electron chi connectivity index (χ4n) is 1.41. The molecule has 1 amide bonds. The number of carboxylic acids is 1. The highest BCUT2D eigenvalue weighted by Gasteiger charge is 2.13. The predicted molar refractivity (Wildman–Crippen MR) is 74.8 cm³/mol. The summed E-state index contributed by atoms with van der Waals surface area (Å²) in [7, 11) is 0. The molecule has 0 aliphatic carbocycles. The van der Waals surface area contributed by atoms with Gasteiger partial charge in [-0.05, 0) is 31.5 Å². The Balaban J connectivity index is 2.73. The fraction of sp³-hybridized carbons (Fsp3) is 0.385. The molecular weight excluding hydrogens is 268 g/mol. The topological polar surface area (TPSA) is 78.4 Å². The number of carbonyl (C=O) groups is 2. The molecule has 104 valence electrons. The van der Waals surface area contributed by atoms with Gasteiger partial charge in [0.1, 0.15) is 0 Å². The molecular formula is C13H17ClN2O3. The van der Waals surface area contributed by atoms with Gasteiger partial charge in [0, 0.05) is 11.1 Å². The Morgan fingerprint density at radius 3 is 2.68 bits per heavy atom. The molecule has 0 heterocycles. The molecule has 6 heteroatoms. The van der Waals surface area contributed by atoms with Gasteiger partial charge in [-0.15, -0.1) is 0 Å². The van der Waals surface area contributed by atoms with Gasteiger partial charge in [0.15, 0.2) is 0 Å². The van der Waals surface area contributed by atoms with Crippen molar-refractivity contribution in [2.75, 3.05) is 11.9 Å². The number of anilines is 1. The lowest BCUT2D eigenvalue weighted by Crippen LogP contribution is -2.34. The zero-order valence-corrected chi connectivity index (χ0v) is 11.6. The molecule has 0 radical (unpaired) electrons. The SMILES string of the molecule is CCC(C)NCC(=O)Nc1cc(Cl)ccc1C(=O)O. The summed E-state index contributed by atoms with van der Waals surface area (Å²) in [5.41, 5.74) is 0.220. The molecule has 0 aliphatic heterocycles. The fourth-order valence-corrected chi connectivity index (χ4v) is 1.58. The zero-order chi connectivity index (χ0) is 14.4. The lowest BCUT2D eigenvalue weighted by molar-refractivity contribution is -0.115. The van der Waals surface area contributed by atoms with Gasteiger partial charge in [0.05, 0.1) is 17.8 Å².